The highest BCUT2D eigenvalue weighted by Crippen LogP contribution is 2.05. The first-order chi connectivity index (χ1) is 8.77. The summed E-state index contributed by atoms with van der Waals surface area (Å²) in [5, 5.41) is 0. The molecule has 0 aliphatic carbocycles. The van der Waals surface area contributed by atoms with Crippen LogP contribution in [-0.2, 0) is 14.3 Å². The van der Waals surface area contributed by atoms with Gasteiger partial charge in [0.2, 0.25) is 5.91 Å². The van der Waals surface area contributed by atoms with E-state index in [2.05, 4.69) is 0 Å². The third kappa shape index (κ3) is 7.62. The molecule has 0 radical (unpaired) electrons. The van der Waals surface area contributed by atoms with E-state index >= 15 is 0 Å². The molecule has 0 aromatic rings. The normalized spacial score (nSPS) is 11.9. The number of carbonyl (C=O) groups excluding carboxylic acids is 2. The molecule has 5 nitrogen and oxygen atoms in total. The number of rotatable bonds is 7. The van der Waals surface area contributed by atoms with Crippen molar-refractivity contribution in [2.24, 2.45) is 5.92 Å². The monoisotopic (exact) mass is 270 g/mol. The second-order valence-corrected chi connectivity index (χ2v) is 5.23. The van der Waals surface area contributed by atoms with Crippen LogP contribution in [0.25, 0.3) is 0 Å². The molecule has 0 heterocycles. The third-order valence-electron chi connectivity index (χ3n) is 2.64. The molecule has 110 valence electrons. The van der Waals surface area contributed by atoms with Crippen molar-refractivity contribution in [1.82, 2.24) is 9.80 Å². The van der Waals surface area contributed by atoms with Gasteiger partial charge in [0.25, 0.3) is 0 Å². The lowest BCUT2D eigenvalue weighted by atomic mass is 10.1. The highest BCUT2D eigenvalue weighted by Gasteiger charge is 2.20. The van der Waals surface area contributed by atoms with E-state index in [1.165, 1.54) is 7.11 Å². The minimum absolute atomic E-state index is 0.0578. The van der Waals surface area contributed by atoms with Gasteiger partial charge in [-0.05, 0) is 27.9 Å². The van der Waals surface area contributed by atoms with E-state index < -0.39 is 0 Å². The maximum atomic E-state index is 12.1. The molecule has 0 aromatic carbocycles. The van der Waals surface area contributed by atoms with Gasteiger partial charge in [-0.25, -0.2) is 0 Å². The van der Waals surface area contributed by atoms with Crippen LogP contribution in [0.2, 0.25) is 0 Å². The van der Waals surface area contributed by atoms with Gasteiger partial charge in [-0.3, -0.25) is 9.59 Å². The molecule has 0 spiro atoms. The van der Waals surface area contributed by atoms with Gasteiger partial charge in [0.1, 0.15) is 0 Å². The maximum Gasteiger partial charge on any atom is 0.310 e. The fraction of sp³-hybridized carbons (Fsp3) is 0.714. The van der Waals surface area contributed by atoms with Gasteiger partial charge >= 0.3 is 5.97 Å². The van der Waals surface area contributed by atoms with Crippen LogP contribution >= 0.6 is 0 Å². The fourth-order valence-electron chi connectivity index (χ4n) is 1.56. The van der Waals surface area contributed by atoms with Crippen molar-refractivity contribution in [2.45, 2.75) is 20.8 Å². The third-order valence-corrected chi connectivity index (χ3v) is 2.64. The molecule has 0 aliphatic rings. The summed E-state index contributed by atoms with van der Waals surface area (Å²) in [7, 11) is 5.27. The molecule has 1 amide bonds. The number of amides is 1. The van der Waals surface area contributed by atoms with Crippen LogP contribution in [0, 0.1) is 5.92 Å². The Morgan fingerprint density at radius 1 is 1.21 bits per heavy atom. The van der Waals surface area contributed by atoms with Crippen LogP contribution in [0.5, 0.6) is 0 Å². The fourth-order valence-corrected chi connectivity index (χ4v) is 1.56. The number of likely N-dealkylation sites (N-methyl/N-ethyl adjacent to an activating group) is 1. The maximum absolute atomic E-state index is 12.1. The summed E-state index contributed by atoms with van der Waals surface area (Å²) in [5.74, 6) is -0.667. The molecule has 0 aromatic heterocycles. The van der Waals surface area contributed by atoms with Crippen molar-refractivity contribution in [3.63, 3.8) is 0 Å². The number of nitrogens with zero attached hydrogens (tertiary/aromatic N) is 2. The largest absolute Gasteiger partial charge is 0.469 e. The predicted octanol–water partition coefficient (Wildman–Crippen LogP) is 1.15. The molecule has 0 aliphatic heterocycles. The Balaban J connectivity index is 4.71. The Labute approximate surface area is 116 Å². The summed E-state index contributed by atoms with van der Waals surface area (Å²) in [6, 6.07) is 0. The van der Waals surface area contributed by atoms with Gasteiger partial charge in [0.05, 0.1) is 13.0 Å². The SMILES string of the molecule is COC(=O)C(C)CN(CCN(C)C)C(=O)C=C(C)C. The number of ether oxygens (including phenoxy) is 1. The summed E-state index contributed by atoms with van der Waals surface area (Å²) >= 11 is 0. The number of esters is 1. The molecular formula is C14H26N2O3. The molecule has 0 rings (SSSR count). The van der Waals surface area contributed by atoms with Gasteiger partial charge < -0.3 is 14.5 Å². The van der Waals surface area contributed by atoms with Crippen LogP contribution in [0.1, 0.15) is 20.8 Å². The number of allylic oxidation sites excluding steroid dienone is 1. The van der Waals surface area contributed by atoms with E-state index in [-0.39, 0.29) is 17.8 Å². The first-order valence-electron chi connectivity index (χ1n) is 6.44. The predicted molar refractivity (Wildman–Crippen MR) is 75.7 cm³/mol. The zero-order valence-corrected chi connectivity index (χ0v) is 12.9. The van der Waals surface area contributed by atoms with Crippen LogP contribution in [0.15, 0.2) is 11.6 Å². The molecular weight excluding hydrogens is 244 g/mol. The number of hydrogen-bond acceptors (Lipinski definition) is 4. The van der Waals surface area contributed by atoms with Crippen molar-refractivity contribution in [3.8, 4) is 0 Å². The summed E-state index contributed by atoms with van der Waals surface area (Å²) in [6.07, 6.45) is 1.60. The van der Waals surface area contributed by atoms with Gasteiger partial charge in [-0.2, -0.15) is 0 Å². The second kappa shape index (κ2) is 8.69. The lowest BCUT2D eigenvalue weighted by Crippen LogP contribution is -2.40. The molecule has 0 saturated carbocycles. The summed E-state index contributed by atoms with van der Waals surface area (Å²) in [4.78, 5) is 27.2. The van der Waals surface area contributed by atoms with Crippen LogP contribution in [0.3, 0.4) is 0 Å². The molecule has 19 heavy (non-hydrogen) atoms. The molecule has 0 fully saturated rings. The Morgan fingerprint density at radius 2 is 1.79 bits per heavy atom. The van der Waals surface area contributed by atoms with Crippen molar-refractivity contribution in [2.75, 3.05) is 40.8 Å². The zero-order valence-electron chi connectivity index (χ0n) is 12.9. The van der Waals surface area contributed by atoms with Crippen molar-refractivity contribution < 1.29 is 14.3 Å². The molecule has 1 unspecified atom stereocenters. The molecule has 5 heteroatoms. The van der Waals surface area contributed by atoms with Crippen LogP contribution < -0.4 is 0 Å². The Kier molecular flexibility index (Phi) is 8.07. The summed E-state index contributed by atoms with van der Waals surface area (Å²) in [6.45, 7) is 7.26. The quantitative estimate of drug-likeness (QED) is 0.514. The molecule has 0 bridgehead atoms. The first kappa shape index (κ1) is 17.6. The van der Waals surface area contributed by atoms with Gasteiger partial charge in [-0.15, -0.1) is 0 Å². The smallest absolute Gasteiger partial charge is 0.310 e. The zero-order chi connectivity index (χ0) is 15.0. The molecule has 0 saturated heterocycles. The van der Waals surface area contributed by atoms with Crippen molar-refractivity contribution in [3.05, 3.63) is 11.6 Å². The standard InChI is InChI=1S/C14H26N2O3/c1-11(2)9-13(17)16(8-7-15(4)5)10-12(3)14(18)19-6/h9,12H,7-8,10H2,1-6H3. The lowest BCUT2D eigenvalue weighted by molar-refractivity contribution is -0.146. The number of hydrogen-bond donors (Lipinski definition) is 0. The van der Waals surface area contributed by atoms with E-state index in [1.54, 1.807) is 17.9 Å². The highest BCUT2D eigenvalue weighted by atomic mass is 16.5. The lowest BCUT2D eigenvalue weighted by Gasteiger charge is -2.25. The Bertz CT molecular complexity index is 334. The summed E-state index contributed by atoms with van der Waals surface area (Å²) in [5.41, 5.74) is 0.950. The minimum Gasteiger partial charge on any atom is -0.469 e. The van der Waals surface area contributed by atoms with Crippen LogP contribution in [0.4, 0.5) is 0 Å². The van der Waals surface area contributed by atoms with Gasteiger partial charge in [-0.1, -0.05) is 12.5 Å². The van der Waals surface area contributed by atoms with E-state index in [4.69, 9.17) is 4.74 Å². The topological polar surface area (TPSA) is 49.9 Å². The Hall–Kier alpha value is -1.36. The first-order valence-corrected chi connectivity index (χ1v) is 6.44. The minimum atomic E-state index is -0.318. The van der Waals surface area contributed by atoms with E-state index in [0.717, 1.165) is 12.1 Å². The number of methoxy groups -OCH3 is 1. The van der Waals surface area contributed by atoms with Crippen molar-refractivity contribution >= 4 is 11.9 Å². The van der Waals surface area contributed by atoms with Gasteiger partial charge in [0, 0.05) is 25.7 Å². The average Bonchev–Trinajstić information content (AvgIpc) is 2.31. The van der Waals surface area contributed by atoms with E-state index in [9.17, 15) is 9.59 Å². The number of carbonyl (C=O) groups is 2. The molecule has 1 atom stereocenters. The van der Waals surface area contributed by atoms with Gasteiger partial charge in [0.15, 0.2) is 0 Å². The van der Waals surface area contributed by atoms with E-state index in [0.29, 0.717) is 13.1 Å². The van der Waals surface area contributed by atoms with Crippen molar-refractivity contribution in [1.29, 1.82) is 0 Å². The van der Waals surface area contributed by atoms with Crippen LogP contribution in [-0.4, -0.2) is 62.5 Å². The molecule has 0 N–H and O–H groups in total. The highest BCUT2D eigenvalue weighted by molar-refractivity contribution is 5.88. The average molecular weight is 270 g/mol. The second-order valence-electron chi connectivity index (χ2n) is 5.23. The summed E-state index contributed by atoms with van der Waals surface area (Å²) < 4.78 is 4.70. The van der Waals surface area contributed by atoms with E-state index in [1.807, 2.05) is 32.8 Å². The Morgan fingerprint density at radius 3 is 2.21 bits per heavy atom.